The average Bonchev–Trinajstić information content (AvgIpc) is 3.09. The normalized spacial score (nSPS) is 18.4. The second kappa shape index (κ2) is 8.62. The molecule has 1 heterocycles. The lowest BCUT2D eigenvalue weighted by molar-refractivity contribution is -0.135. The van der Waals surface area contributed by atoms with Crippen molar-refractivity contribution < 1.29 is 19.1 Å². The van der Waals surface area contributed by atoms with Crippen molar-refractivity contribution in [2.24, 2.45) is 0 Å². The summed E-state index contributed by atoms with van der Waals surface area (Å²) in [6.45, 7) is 5.22. The number of carbonyl (C=O) groups excluding carboxylic acids is 2. The molecule has 1 aliphatic carbocycles. The van der Waals surface area contributed by atoms with Gasteiger partial charge in [0.1, 0.15) is 18.5 Å². The summed E-state index contributed by atoms with van der Waals surface area (Å²) in [5, 5.41) is 0.486. The van der Waals surface area contributed by atoms with Gasteiger partial charge < -0.3 is 14.4 Å². The van der Waals surface area contributed by atoms with Crippen molar-refractivity contribution in [2.45, 2.75) is 26.4 Å². The first-order valence-electron chi connectivity index (χ1n) is 10.1. The van der Waals surface area contributed by atoms with Crippen LogP contribution in [-0.2, 0) is 16.0 Å². The van der Waals surface area contributed by atoms with Crippen molar-refractivity contribution in [3.8, 4) is 5.75 Å². The van der Waals surface area contributed by atoms with E-state index in [4.69, 9.17) is 21.1 Å². The standard InChI is InChI=1S/C24H24ClNO4/c1-15-20-6-4-3-5-17(20)11-21(15)24(28)26-9-10-29-19(13-26)14-30-23-8-7-18(25)12-22(23)16(2)27/h3-8,12,19H,9-11,13-14H2,1-2H3. The lowest BCUT2D eigenvalue weighted by Gasteiger charge is -2.33. The molecular weight excluding hydrogens is 402 g/mol. The highest BCUT2D eigenvalue weighted by Crippen LogP contribution is 2.33. The lowest BCUT2D eigenvalue weighted by Crippen LogP contribution is -2.48. The number of allylic oxidation sites excluding steroid dienone is 1. The Hall–Kier alpha value is -2.63. The second-order valence-electron chi connectivity index (χ2n) is 7.69. The molecule has 0 radical (unpaired) electrons. The monoisotopic (exact) mass is 425 g/mol. The number of fused-ring (bicyclic) bond motifs is 1. The molecule has 156 valence electrons. The van der Waals surface area contributed by atoms with Gasteiger partial charge in [-0.2, -0.15) is 0 Å². The molecule has 1 atom stereocenters. The number of ether oxygens (including phenoxy) is 2. The van der Waals surface area contributed by atoms with Crippen molar-refractivity contribution >= 4 is 28.9 Å². The van der Waals surface area contributed by atoms with Gasteiger partial charge in [0, 0.05) is 23.6 Å². The van der Waals surface area contributed by atoms with Crippen LogP contribution in [0.2, 0.25) is 5.02 Å². The fraction of sp³-hybridized carbons (Fsp3) is 0.333. The van der Waals surface area contributed by atoms with Gasteiger partial charge in [-0.15, -0.1) is 0 Å². The van der Waals surface area contributed by atoms with Crippen LogP contribution in [0, 0.1) is 0 Å². The van der Waals surface area contributed by atoms with Gasteiger partial charge >= 0.3 is 0 Å². The summed E-state index contributed by atoms with van der Waals surface area (Å²) in [5.74, 6) is 0.425. The molecule has 1 fully saturated rings. The van der Waals surface area contributed by atoms with Crippen molar-refractivity contribution in [3.05, 3.63) is 69.8 Å². The van der Waals surface area contributed by atoms with Crippen molar-refractivity contribution in [3.63, 3.8) is 0 Å². The molecule has 0 saturated carbocycles. The van der Waals surface area contributed by atoms with Crippen LogP contribution in [0.1, 0.15) is 35.3 Å². The third-order valence-corrected chi connectivity index (χ3v) is 5.91. The molecule has 0 N–H and O–H groups in total. The molecule has 1 saturated heterocycles. The predicted molar refractivity (Wildman–Crippen MR) is 116 cm³/mol. The summed E-state index contributed by atoms with van der Waals surface area (Å²) in [7, 11) is 0. The van der Waals surface area contributed by atoms with Gasteiger partial charge in [0.2, 0.25) is 0 Å². The number of Topliss-reactive ketones (excluding diaryl/α,β-unsaturated/α-hetero) is 1. The molecule has 1 unspecified atom stereocenters. The van der Waals surface area contributed by atoms with Gasteiger partial charge in [0.05, 0.1) is 18.7 Å². The quantitative estimate of drug-likeness (QED) is 0.674. The van der Waals surface area contributed by atoms with Gasteiger partial charge in [-0.1, -0.05) is 35.9 Å². The highest BCUT2D eigenvalue weighted by molar-refractivity contribution is 6.31. The molecule has 0 spiro atoms. The third-order valence-electron chi connectivity index (χ3n) is 5.67. The zero-order valence-corrected chi connectivity index (χ0v) is 17.9. The Kier molecular flexibility index (Phi) is 5.93. The highest BCUT2D eigenvalue weighted by atomic mass is 35.5. The van der Waals surface area contributed by atoms with E-state index in [1.807, 2.05) is 24.0 Å². The minimum Gasteiger partial charge on any atom is -0.490 e. The van der Waals surface area contributed by atoms with E-state index in [1.54, 1.807) is 18.2 Å². The Morgan fingerprint density at radius 3 is 2.80 bits per heavy atom. The number of halogens is 1. The van der Waals surface area contributed by atoms with Crippen LogP contribution in [0.4, 0.5) is 0 Å². The van der Waals surface area contributed by atoms with Crippen LogP contribution >= 0.6 is 11.6 Å². The maximum Gasteiger partial charge on any atom is 0.250 e. The van der Waals surface area contributed by atoms with Crippen molar-refractivity contribution in [2.75, 3.05) is 26.3 Å². The fourth-order valence-electron chi connectivity index (χ4n) is 4.04. The Labute approximate surface area is 181 Å². The fourth-order valence-corrected chi connectivity index (χ4v) is 4.22. The van der Waals surface area contributed by atoms with Crippen LogP contribution in [0.15, 0.2) is 48.0 Å². The second-order valence-corrected chi connectivity index (χ2v) is 8.13. The first kappa shape index (κ1) is 20.6. The summed E-state index contributed by atoms with van der Waals surface area (Å²) in [6, 6.07) is 13.1. The molecule has 2 aromatic rings. The van der Waals surface area contributed by atoms with Crippen molar-refractivity contribution in [1.82, 2.24) is 4.90 Å². The molecule has 4 rings (SSSR count). The topological polar surface area (TPSA) is 55.8 Å². The molecule has 0 aromatic heterocycles. The number of carbonyl (C=O) groups is 2. The van der Waals surface area contributed by atoms with E-state index < -0.39 is 0 Å². The maximum absolute atomic E-state index is 13.2. The number of hydrogen-bond acceptors (Lipinski definition) is 4. The number of ketones is 1. The smallest absolute Gasteiger partial charge is 0.250 e. The van der Waals surface area contributed by atoms with Crippen LogP contribution in [0.5, 0.6) is 5.75 Å². The van der Waals surface area contributed by atoms with Crippen LogP contribution in [0.3, 0.4) is 0 Å². The average molecular weight is 426 g/mol. The first-order chi connectivity index (χ1) is 14.4. The Morgan fingerprint density at radius 2 is 2.03 bits per heavy atom. The maximum atomic E-state index is 13.2. The minimum atomic E-state index is -0.261. The van der Waals surface area contributed by atoms with Crippen LogP contribution < -0.4 is 4.74 Å². The lowest BCUT2D eigenvalue weighted by atomic mass is 10.1. The number of morpholine rings is 1. The van der Waals surface area contributed by atoms with Gasteiger partial charge in [-0.05, 0) is 48.7 Å². The number of hydrogen-bond donors (Lipinski definition) is 0. The minimum absolute atomic E-state index is 0.0629. The molecule has 2 aliphatic rings. The van der Waals surface area contributed by atoms with Gasteiger partial charge in [-0.25, -0.2) is 0 Å². The van der Waals surface area contributed by atoms with E-state index >= 15 is 0 Å². The summed E-state index contributed by atoms with van der Waals surface area (Å²) < 4.78 is 11.7. The number of rotatable bonds is 5. The molecule has 0 bridgehead atoms. The third kappa shape index (κ3) is 4.13. The van der Waals surface area contributed by atoms with Crippen molar-refractivity contribution in [1.29, 1.82) is 0 Å². The molecule has 30 heavy (non-hydrogen) atoms. The first-order valence-corrected chi connectivity index (χ1v) is 10.4. The van der Waals surface area contributed by atoms with Gasteiger partial charge in [-0.3, -0.25) is 9.59 Å². The van der Waals surface area contributed by atoms with Gasteiger partial charge in [0.15, 0.2) is 5.78 Å². The number of benzene rings is 2. The Balaban J connectivity index is 1.42. The SMILES string of the molecule is CC(=O)c1cc(Cl)ccc1OCC1CN(C(=O)C2=C(C)c3ccccc3C2)CCO1. The largest absolute Gasteiger partial charge is 0.490 e. The molecule has 1 amide bonds. The summed E-state index contributed by atoms with van der Waals surface area (Å²) in [6.07, 6.45) is 0.411. The summed E-state index contributed by atoms with van der Waals surface area (Å²) in [5.41, 5.74) is 4.71. The van der Waals surface area contributed by atoms with E-state index in [1.165, 1.54) is 12.5 Å². The van der Waals surface area contributed by atoms with Crippen LogP contribution in [-0.4, -0.2) is 49.0 Å². The zero-order chi connectivity index (χ0) is 21.3. The molecule has 1 aliphatic heterocycles. The predicted octanol–water partition coefficient (Wildman–Crippen LogP) is 4.18. The molecule has 6 heteroatoms. The van der Waals surface area contributed by atoms with E-state index in [0.717, 1.165) is 16.7 Å². The summed E-state index contributed by atoms with van der Waals surface area (Å²) >= 11 is 5.99. The van der Waals surface area contributed by atoms with Crippen LogP contribution in [0.25, 0.3) is 5.57 Å². The highest BCUT2D eigenvalue weighted by Gasteiger charge is 2.30. The Bertz CT molecular complexity index is 1030. The summed E-state index contributed by atoms with van der Waals surface area (Å²) in [4.78, 5) is 26.9. The van der Waals surface area contributed by atoms with E-state index in [0.29, 0.717) is 42.5 Å². The van der Waals surface area contributed by atoms with E-state index in [2.05, 4.69) is 12.1 Å². The number of amides is 1. The molecule has 5 nitrogen and oxygen atoms in total. The van der Waals surface area contributed by atoms with Gasteiger partial charge in [0.25, 0.3) is 5.91 Å². The number of nitrogens with zero attached hydrogens (tertiary/aromatic N) is 1. The van der Waals surface area contributed by atoms with E-state index in [-0.39, 0.29) is 24.4 Å². The van der Waals surface area contributed by atoms with E-state index in [9.17, 15) is 9.59 Å². The molecular formula is C24H24ClNO4. The zero-order valence-electron chi connectivity index (χ0n) is 17.1. The Morgan fingerprint density at radius 1 is 1.23 bits per heavy atom. The molecule has 2 aromatic carbocycles.